The standard InChI is InChI=1S/C28H26N4O4/c1-16-8-13-21-20(14-16)24-23(27(36-21)19-6-5-7-22(34-3)26(19)35-4)25(32-28(31-24)29-15-30-32)17-9-11-18(33-2)12-10-17/h5-15,25,27H,1-4H3,(H,29,30,31). The molecule has 182 valence electrons. The van der Waals surface area contributed by atoms with Gasteiger partial charge in [-0.2, -0.15) is 10.1 Å². The lowest BCUT2D eigenvalue weighted by atomic mass is 9.84. The number of ether oxygens (including phenoxy) is 4. The van der Waals surface area contributed by atoms with E-state index in [1.54, 1.807) is 27.7 Å². The monoisotopic (exact) mass is 482 g/mol. The lowest BCUT2D eigenvalue weighted by molar-refractivity contribution is 0.216. The highest BCUT2D eigenvalue weighted by Gasteiger charge is 2.42. The van der Waals surface area contributed by atoms with Crippen LogP contribution in [-0.2, 0) is 0 Å². The summed E-state index contributed by atoms with van der Waals surface area (Å²) in [7, 11) is 4.94. The second-order valence-corrected chi connectivity index (χ2v) is 8.74. The first-order chi connectivity index (χ1) is 17.6. The van der Waals surface area contributed by atoms with Crippen molar-refractivity contribution in [2.75, 3.05) is 26.6 Å². The van der Waals surface area contributed by atoms with E-state index in [4.69, 9.17) is 18.9 Å². The molecule has 0 spiro atoms. The first kappa shape index (κ1) is 22.0. The topological polar surface area (TPSA) is 79.7 Å². The third-order valence-electron chi connectivity index (χ3n) is 6.72. The van der Waals surface area contributed by atoms with E-state index in [1.807, 2.05) is 41.1 Å². The highest BCUT2D eigenvalue weighted by atomic mass is 16.5. The third kappa shape index (κ3) is 3.37. The van der Waals surface area contributed by atoms with Gasteiger partial charge in [0.25, 0.3) is 0 Å². The highest BCUT2D eigenvalue weighted by Crippen LogP contribution is 2.53. The Morgan fingerprint density at radius 2 is 1.78 bits per heavy atom. The number of rotatable bonds is 5. The zero-order valence-corrected chi connectivity index (χ0v) is 20.5. The first-order valence-electron chi connectivity index (χ1n) is 11.7. The van der Waals surface area contributed by atoms with Crippen molar-refractivity contribution in [2.45, 2.75) is 19.1 Å². The maximum absolute atomic E-state index is 6.75. The Labute approximate surface area is 209 Å². The summed E-state index contributed by atoms with van der Waals surface area (Å²) in [5, 5.41) is 8.13. The van der Waals surface area contributed by atoms with Crippen LogP contribution in [0.15, 0.2) is 72.6 Å². The van der Waals surface area contributed by atoms with Gasteiger partial charge in [-0.05, 0) is 42.8 Å². The summed E-state index contributed by atoms with van der Waals surface area (Å²) in [5.74, 6) is 3.50. The summed E-state index contributed by atoms with van der Waals surface area (Å²) in [5.41, 5.74) is 5.97. The van der Waals surface area contributed by atoms with Crippen molar-refractivity contribution in [3.8, 4) is 23.0 Å². The highest BCUT2D eigenvalue weighted by molar-refractivity contribution is 5.85. The molecule has 0 radical (unpaired) electrons. The fourth-order valence-electron chi connectivity index (χ4n) is 5.07. The molecule has 8 nitrogen and oxygen atoms in total. The number of methoxy groups -OCH3 is 3. The maximum atomic E-state index is 6.75. The van der Waals surface area contributed by atoms with Crippen molar-refractivity contribution >= 4 is 11.6 Å². The van der Waals surface area contributed by atoms with Crippen molar-refractivity contribution < 1.29 is 18.9 Å². The van der Waals surface area contributed by atoms with Gasteiger partial charge in [0, 0.05) is 16.7 Å². The number of fused-ring (bicyclic) bond motifs is 3. The van der Waals surface area contributed by atoms with E-state index in [1.165, 1.54) is 0 Å². The number of hydrogen-bond donors (Lipinski definition) is 1. The molecule has 3 heterocycles. The Bertz CT molecular complexity index is 1480. The van der Waals surface area contributed by atoms with Gasteiger partial charge in [0.05, 0.1) is 27.0 Å². The molecule has 6 rings (SSSR count). The Kier molecular flexibility index (Phi) is 5.29. The molecule has 8 heteroatoms. The van der Waals surface area contributed by atoms with Crippen LogP contribution in [0, 0.1) is 6.92 Å². The van der Waals surface area contributed by atoms with Crippen molar-refractivity contribution in [2.24, 2.45) is 0 Å². The molecule has 4 aromatic rings. The molecular weight excluding hydrogens is 456 g/mol. The van der Waals surface area contributed by atoms with Gasteiger partial charge in [-0.1, -0.05) is 35.9 Å². The van der Waals surface area contributed by atoms with Crippen LogP contribution in [0.1, 0.15) is 34.4 Å². The molecule has 0 saturated heterocycles. The predicted octanol–water partition coefficient (Wildman–Crippen LogP) is 5.17. The van der Waals surface area contributed by atoms with Gasteiger partial charge in [-0.15, -0.1) is 0 Å². The van der Waals surface area contributed by atoms with Gasteiger partial charge >= 0.3 is 0 Å². The molecule has 36 heavy (non-hydrogen) atoms. The van der Waals surface area contributed by atoms with Crippen LogP contribution in [-0.4, -0.2) is 36.1 Å². The van der Waals surface area contributed by atoms with E-state index in [2.05, 4.69) is 46.6 Å². The van der Waals surface area contributed by atoms with Gasteiger partial charge in [0.15, 0.2) is 17.6 Å². The van der Waals surface area contributed by atoms with Crippen LogP contribution < -0.4 is 24.3 Å². The molecule has 2 aliphatic heterocycles. The summed E-state index contributed by atoms with van der Waals surface area (Å²) < 4.78 is 25.5. The first-order valence-corrected chi connectivity index (χ1v) is 11.7. The zero-order valence-electron chi connectivity index (χ0n) is 20.5. The number of benzene rings is 3. The van der Waals surface area contributed by atoms with E-state index in [-0.39, 0.29) is 6.04 Å². The largest absolute Gasteiger partial charge is 0.497 e. The van der Waals surface area contributed by atoms with E-state index in [0.29, 0.717) is 17.4 Å². The SMILES string of the molecule is COc1ccc(C2C3=C(Nc4ncnn42)c2cc(C)ccc2OC3c2cccc(OC)c2OC)cc1. The fourth-order valence-corrected chi connectivity index (χ4v) is 5.07. The Hall–Kier alpha value is -4.46. The average molecular weight is 483 g/mol. The Balaban J connectivity index is 1.63. The molecule has 0 saturated carbocycles. The van der Waals surface area contributed by atoms with Crippen LogP contribution in [0.2, 0.25) is 0 Å². The minimum atomic E-state index is -0.475. The normalized spacial score (nSPS) is 17.8. The van der Waals surface area contributed by atoms with E-state index in [9.17, 15) is 0 Å². The van der Waals surface area contributed by atoms with Gasteiger partial charge in [-0.3, -0.25) is 0 Å². The number of nitrogens with one attached hydrogen (secondary N) is 1. The maximum Gasteiger partial charge on any atom is 0.226 e. The van der Waals surface area contributed by atoms with E-state index in [0.717, 1.165) is 45.0 Å². The van der Waals surface area contributed by atoms with Crippen molar-refractivity contribution in [1.82, 2.24) is 14.8 Å². The van der Waals surface area contributed by atoms with Crippen LogP contribution in [0.25, 0.3) is 5.70 Å². The zero-order chi connectivity index (χ0) is 24.8. The van der Waals surface area contributed by atoms with Crippen LogP contribution in [0.3, 0.4) is 0 Å². The van der Waals surface area contributed by atoms with Gasteiger partial charge in [-0.25, -0.2) is 4.68 Å². The summed E-state index contributed by atoms with van der Waals surface area (Å²) >= 11 is 0. The predicted molar refractivity (Wildman–Crippen MR) is 136 cm³/mol. The number of aromatic nitrogens is 3. The molecule has 0 amide bonds. The second-order valence-electron chi connectivity index (χ2n) is 8.74. The van der Waals surface area contributed by atoms with Gasteiger partial charge in [0.2, 0.25) is 5.95 Å². The summed E-state index contributed by atoms with van der Waals surface area (Å²) in [6.45, 7) is 2.07. The smallest absolute Gasteiger partial charge is 0.226 e. The molecular formula is C28H26N4O4. The number of anilines is 1. The molecule has 2 aliphatic rings. The lowest BCUT2D eigenvalue weighted by Gasteiger charge is -2.39. The quantitative estimate of drug-likeness (QED) is 0.420. The van der Waals surface area contributed by atoms with E-state index >= 15 is 0 Å². The number of aryl methyl sites for hydroxylation is 1. The summed E-state index contributed by atoms with van der Waals surface area (Å²) in [4.78, 5) is 4.51. The molecule has 3 aromatic carbocycles. The molecule has 1 aromatic heterocycles. The Morgan fingerprint density at radius 3 is 2.53 bits per heavy atom. The number of para-hydroxylation sites is 1. The minimum Gasteiger partial charge on any atom is -0.497 e. The van der Waals surface area contributed by atoms with E-state index < -0.39 is 6.10 Å². The van der Waals surface area contributed by atoms with Gasteiger partial charge in [0.1, 0.15) is 23.9 Å². The molecule has 2 unspecified atom stereocenters. The van der Waals surface area contributed by atoms with Crippen molar-refractivity contribution in [3.63, 3.8) is 0 Å². The molecule has 1 N–H and O–H groups in total. The van der Waals surface area contributed by atoms with Crippen LogP contribution >= 0.6 is 0 Å². The van der Waals surface area contributed by atoms with Crippen molar-refractivity contribution in [1.29, 1.82) is 0 Å². The third-order valence-corrected chi connectivity index (χ3v) is 6.72. The lowest BCUT2D eigenvalue weighted by Crippen LogP contribution is -2.32. The fraction of sp³-hybridized carbons (Fsp3) is 0.214. The Morgan fingerprint density at radius 1 is 0.944 bits per heavy atom. The van der Waals surface area contributed by atoms with Gasteiger partial charge < -0.3 is 24.3 Å². The average Bonchev–Trinajstić information content (AvgIpc) is 3.39. The molecule has 0 fully saturated rings. The van der Waals surface area contributed by atoms with Crippen LogP contribution in [0.5, 0.6) is 23.0 Å². The van der Waals surface area contributed by atoms with Crippen LogP contribution in [0.4, 0.5) is 5.95 Å². The summed E-state index contributed by atoms with van der Waals surface area (Å²) in [6.07, 6.45) is 1.09. The number of nitrogens with zero attached hydrogens (tertiary/aromatic N) is 3. The molecule has 0 bridgehead atoms. The molecule has 2 atom stereocenters. The molecule has 0 aliphatic carbocycles. The second kappa shape index (κ2) is 8.64. The summed E-state index contributed by atoms with van der Waals surface area (Å²) in [6, 6.07) is 19.8. The minimum absolute atomic E-state index is 0.278. The van der Waals surface area contributed by atoms with Crippen molar-refractivity contribution in [3.05, 3.63) is 94.8 Å². The number of hydrogen-bond acceptors (Lipinski definition) is 7.